The number of nitrogens with zero attached hydrogens (tertiary/aromatic N) is 1. The maximum Gasteiger partial charge on any atom is 0.302 e. The number of hydrogen-bond acceptors (Lipinski definition) is 2. The van der Waals surface area contributed by atoms with Crippen molar-refractivity contribution in [1.82, 2.24) is 4.57 Å². The molecule has 1 heterocycles. The number of hydrogen-bond donors (Lipinski definition) is 0. The minimum absolute atomic E-state index is 0.241. The molecule has 0 atom stereocenters. The van der Waals surface area contributed by atoms with Gasteiger partial charge in [-0.3, -0.25) is 4.79 Å². The standard InChI is InChI=1S/C19H18ClNO2/c1-14(22)23-11-10-16-13-21(19-5-3-2-4-18(16)19)12-15-6-8-17(20)9-7-15/h2-9,13H,10-12H2,1H3. The fourth-order valence-electron chi connectivity index (χ4n) is 2.74. The first-order valence-electron chi connectivity index (χ1n) is 7.58. The first-order chi connectivity index (χ1) is 11.1. The Bertz CT molecular complexity index is 821. The van der Waals surface area contributed by atoms with Crippen LogP contribution in [0.5, 0.6) is 0 Å². The Kier molecular flexibility index (Phi) is 4.68. The molecule has 0 bridgehead atoms. The molecule has 0 radical (unpaired) electrons. The van der Waals surface area contributed by atoms with E-state index in [9.17, 15) is 4.79 Å². The number of esters is 1. The van der Waals surface area contributed by atoms with E-state index in [1.807, 2.05) is 36.4 Å². The van der Waals surface area contributed by atoms with E-state index < -0.39 is 0 Å². The molecular formula is C19H18ClNO2. The number of halogens is 1. The number of fused-ring (bicyclic) bond motifs is 1. The molecule has 2 aromatic carbocycles. The summed E-state index contributed by atoms with van der Waals surface area (Å²) in [5.41, 5.74) is 3.57. The molecule has 23 heavy (non-hydrogen) atoms. The molecular weight excluding hydrogens is 310 g/mol. The number of rotatable bonds is 5. The summed E-state index contributed by atoms with van der Waals surface area (Å²) in [5, 5.41) is 1.95. The highest BCUT2D eigenvalue weighted by Gasteiger charge is 2.09. The van der Waals surface area contributed by atoms with Gasteiger partial charge in [-0.2, -0.15) is 0 Å². The van der Waals surface area contributed by atoms with Gasteiger partial charge in [-0.25, -0.2) is 0 Å². The first kappa shape index (κ1) is 15.6. The van der Waals surface area contributed by atoms with Crippen molar-refractivity contribution in [2.24, 2.45) is 0 Å². The molecule has 0 spiro atoms. The Balaban J connectivity index is 1.87. The Hall–Kier alpha value is -2.26. The maximum absolute atomic E-state index is 10.9. The second-order valence-electron chi connectivity index (χ2n) is 5.52. The molecule has 3 rings (SSSR count). The van der Waals surface area contributed by atoms with Gasteiger partial charge in [0.25, 0.3) is 0 Å². The zero-order valence-corrected chi connectivity index (χ0v) is 13.7. The normalized spacial score (nSPS) is 10.9. The van der Waals surface area contributed by atoms with Crippen LogP contribution in [0.1, 0.15) is 18.1 Å². The predicted octanol–water partition coefficient (Wildman–Crippen LogP) is 4.45. The van der Waals surface area contributed by atoms with E-state index in [4.69, 9.17) is 16.3 Å². The molecule has 118 valence electrons. The van der Waals surface area contributed by atoms with Gasteiger partial charge in [0.15, 0.2) is 0 Å². The van der Waals surface area contributed by atoms with Crippen LogP contribution in [0.4, 0.5) is 0 Å². The van der Waals surface area contributed by atoms with E-state index in [0.717, 1.165) is 11.6 Å². The third kappa shape index (κ3) is 3.74. The summed E-state index contributed by atoms with van der Waals surface area (Å²) in [4.78, 5) is 10.9. The zero-order chi connectivity index (χ0) is 16.2. The highest BCUT2D eigenvalue weighted by molar-refractivity contribution is 6.30. The van der Waals surface area contributed by atoms with Crippen molar-refractivity contribution < 1.29 is 9.53 Å². The second-order valence-corrected chi connectivity index (χ2v) is 5.95. The lowest BCUT2D eigenvalue weighted by molar-refractivity contribution is -0.140. The van der Waals surface area contributed by atoms with E-state index in [2.05, 4.69) is 22.9 Å². The molecule has 4 heteroatoms. The molecule has 0 unspecified atom stereocenters. The number of ether oxygens (including phenoxy) is 1. The van der Waals surface area contributed by atoms with Gasteiger partial charge in [-0.05, 0) is 29.3 Å². The molecule has 3 aromatic rings. The number of aromatic nitrogens is 1. The Morgan fingerprint density at radius 3 is 2.61 bits per heavy atom. The molecule has 0 saturated heterocycles. The van der Waals surface area contributed by atoms with Crippen molar-refractivity contribution in [3.05, 3.63) is 70.9 Å². The van der Waals surface area contributed by atoms with Crippen LogP contribution in [0.2, 0.25) is 5.02 Å². The minimum atomic E-state index is -0.241. The van der Waals surface area contributed by atoms with Crippen LogP contribution in [-0.2, 0) is 22.5 Å². The van der Waals surface area contributed by atoms with Gasteiger partial charge in [0.05, 0.1) is 6.61 Å². The van der Waals surface area contributed by atoms with E-state index in [1.54, 1.807) is 0 Å². The SMILES string of the molecule is CC(=O)OCCc1cn(Cc2ccc(Cl)cc2)c2ccccc12. The van der Waals surface area contributed by atoms with Crippen LogP contribution in [0.3, 0.4) is 0 Å². The molecule has 0 aliphatic rings. The Morgan fingerprint density at radius 2 is 1.87 bits per heavy atom. The summed E-state index contributed by atoms with van der Waals surface area (Å²) in [6.07, 6.45) is 2.86. The average Bonchev–Trinajstić information content (AvgIpc) is 2.88. The summed E-state index contributed by atoms with van der Waals surface area (Å²) in [7, 11) is 0. The summed E-state index contributed by atoms with van der Waals surface area (Å²) >= 11 is 5.95. The number of carbonyl (C=O) groups excluding carboxylic acids is 1. The molecule has 0 fully saturated rings. The number of para-hydroxylation sites is 1. The van der Waals surface area contributed by atoms with E-state index in [1.165, 1.54) is 29.0 Å². The largest absolute Gasteiger partial charge is 0.466 e. The lowest BCUT2D eigenvalue weighted by atomic mass is 10.1. The van der Waals surface area contributed by atoms with Crippen LogP contribution in [0, 0.1) is 0 Å². The van der Waals surface area contributed by atoms with Crippen LogP contribution in [-0.4, -0.2) is 17.1 Å². The van der Waals surface area contributed by atoms with Gasteiger partial charge < -0.3 is 9.30 Å². The van der Waals surface area contributed by atoms with Gasteiger partial charge in [-0.1, -0.05) is 41.9 Å². The highest BCUT2D eigenvalue weighted by Crippen LogP contribution is 2.23. The number of carbonyl (C=O) groups is 1. The monoisotopic (exact) mass is 327 g/mol. The summed E-state index contributed by atoms with van der Waals surface area (Å²) in [6, 6.07) is 16.2. The zero-order valence-electron chi connectivity index (χ0n) is 13.0. The lowest BCUT2D eigenvalue weighted by Crippen LogP contribution is -2.03. The fraction of sp³-hybridized carbons (Fsp3) is 0.211. The van der Waals surface area contributed by atoms with Crippen molar-refractivity contribution >= 4 is 28.5 Å². The molecule has 0 N–H and O–H groups in total. The smallest absolute Gasteiger partial charge is 0.302 e. The van der Waals surface area contributed by atoms with Gasteiger partial charge >= 0.3 is 5.97 Å². The van der Waals surface area contributed by atoms with E-state index in [0.29, 0.717) is 13.0 Å². The van der Waals surface area contributed by atoms with Crippen molar-refractivity contribution in [2.45, 2.75) is 19.9 Å². The third-order valence-corrected chi connectivity index (χ3v) is 4.07. The maximum atomic E-state index is 10.9. The van der Waals surface area contributed by atoms with E-state index in [-0.39, 0.29) is 5.97 Å². The first-order valence-corrected chi connectivity index (χ1v) is 7.96. The van der Waals surface area contributed by atoms with E-state index >= 15 is 0 Å². The summed E-state index contributed by atoms with van der Waals surface area (Å²) in [6.45, 7) is 2.62. The van der Waals surface area contributed by atoms with Crippen LogP contribution < -0.4 is 0 Å². The average molecular weight is 328 g/mol. The number of benzene rings is 2. The summed E-state index contributed by atoms with van der Waals surface area (Å²) < 4.78 is 7.30. The summed E-state index contributed by atoms with van der Waals surface area (Å²) in [5.74, 6) is -0.241. The minimum Gasteiger partial charge on any atom is -0.466 e. The molecule has 3 nitrogen and oxygen atoms in total. The van der Waals surface area contributed by atoms with Gasteiger partial charge in [-0.15, -0.1) is 0 Å². The second kappa shape index (κ2) is 6.88. The quantitative estimate of drug-likeness (QED) is 0.648. The molecule has 0 amide bonds. The van der Waals surface area contributed by atoms with Crippen LogP contribution in [0.15, 0.2) is 54.7 Å². The van der Waals surface area contributed by atoms with Gasteiger partial charge in [0.2, 0.25) is 0 Å². The van der Waals surface area contributed by atoms with Crippen molar-refractivity contribution in [2.75, 3.05) is 6.61 Å². The van der Waals surface area contributed by atoms with Crippen molar-refractivity contribution in [3.63, 3.8) is 0 Å². The lowest BCUT2D eigenvalue weighted by Gasteiger charge is -2.05. The van der Waals surface area contributed by atoms with Crippen molar-refractivity contribution in [3.8, 4) is 0 Å². The third-order valence-electron chi connectivity index (χ3n) is 3.81. The molecule has 0 aliphatic carbocycles. The Morgan fingerprint density at radius 1 is 1.13 bits per heavy atom. The predicted molar refractivity (Wildman–Crippen MR) is 92.8 cm³/mol. The molecule has 0 aliphatic heterocycles. The van der Waals surface area contributed by atoms with Gasteiger partial charge in [0, 0.05) is 42.0 Å². The van der Waals surface area contributed by atoms with Crippen LogP contribution in [0.25, 0.3) is 10.9 Å². The van der Waals surface area contributed by atoms with Gasteiger partial charge in [0.1, 0.15) is 0 Å². The fourth-order valence-corrected chi connectivity index (χ4v) is 2.87. The topological polar surface area (TPSA) is 31.2 Å². The Labute approximate surface area is 140 Å². The van der Waals surface area contributed by atoms with Crippen molar-refractivity contribution in [1.29, 1.82) is 0 Å². The molecule has 1 aromatic heterocycles. The highest BCUT2D eigenvalue weighted by atomic mass is 35.5. The van der Waals surface area contributed by atoms with Crippen LogP contribution >= 0.6 is 11.6 Å². The molecule has 0 saturated carbocycles.